The van der Waals surface area contributed by atoms with Gasteiger partial charge in [-0.25, -0.2) is 8.42 Å². The average molecular weight is 428 g/mol. The van der Waals surface area contributed by atoms with Crippen molar-refractivity contribution in [1.82, 2.24) is 5.16 Å². The summed E-state index contributed by atoms with van der Waals surface area (Å²) >= 11 is 0. The molecule has 158 valence electrons. The maximum atomic E-state index is 12.7. The van der Waals surface area contributed by atoms with Gasteiger partial charge in [0.05, 0.1) is 16.3 Å². The Morgan fingerprint density at radius 2 is 1.73 bits per heavy atom. The molecule has 0 atom stereocenters. The van der Waals surface area contributed by atoms with E-state index in [-0.39, 0.29) is 17.2 Å². The summed E-state index contributed by atoms with van der Waals surface area (Å²) in [7, 11) is -3.73. The van der Waals surface area contributed by atoms with Crippen LogP contribution in [0.25, 0.3) is 0 Å². The molecule has 0 spiro atoms. The molecule has 7 nitrogen and oxygen atoms in total. The molecular formula is C22H25N3O4S. The summed E-state index contributed by atoms with van der Waals surface area (Å²) in [5.41, 5.74) is 4.52. The van der Waals surface area contributed by atoms with Crippen molar-refractivity contribution in [2.75, 3.05) is 10.0 Å². The molecule has 0 aliphatic heterocycles. The summed E-state index contributed by atoms with van der Waals surface area (Å²) in [6.45, 7) is 7.46. The largest absolute Gasteiger partial charge is 0.361 e. The molecule has 8 heteroatoms. The lowest BCUT2D eigenvalue weighted by Crippen LogP contribution is -2.15. The molecule has 0 aliphatic carbocycles. The number of benzene rings is 2. The van der Waals surface area contributed by atoms with Gasteiger partial charge in [0.2, 0.25) is 5.91 Å². The van der Waals surface area contributed by atoms with E-state index >= 15 is 0 Å². The normalized spacial score (nSPS) is 11.3. The molecule has 30 heavy (non-hydrogen) atoms. The number of rotatable bonds is 7. The molecule has 2 N–H and O–H groups in total. The Kier molecular flexibility index (Phi) is 6.26. The maximum absolute atomic E-state index is 12.7. The van der Waals surface area contributed by atoms with Gasteiger partial charge < -0.3 is 9.84 Å². The second-order valence-corrected chi connectivity index (χ2v) is 8.97. The smallest absolute Gasteiger partial charge is 0.261 e. The predicted octanol–water partition coefficient (Wildman–Crippen LogP) is 4.28. The molecule has 3 aromatic rings. The number of aromatic nitrogens is 1. The van der Waals surface area contributed by atoms with E-state index in [2.05, 4.69) is 15.2 Å². The molecule has 0 bridgehead atoms. The van der Waals surface area contributed by atoms with Crippen molar-refractivity contribution in [2.45, 2.75) is 45.4 Å². The fourth-order valence-electron chi connectivity index (χ4n) is 3.08. The molecule has 0 saturated carbocycles. The van der Waals surface area contributed by atoms with Crippen molar-refractivity contribution in [3.63, 3.8) is 0 Å². The number of hydrogen-bond donors (Lipinski definition) is 2. The van der Waals surface area contributed by atoms with Gasteiger partial charge in [-0.15, -0.1) is 0 Å². The molecule has 3 rings (SSSR count). The second-order valence-electron chi connectivity index (χ2n) is 7.28. The second kappa shape index (κ2) is 8.71. The van der Waals surface area contributed by atoms with Crippen molar-refractivity contribution in [1.29, 1.82) is 0 Å². The topological polar surface area (TPSA) is 101 Å². The Morgan fingerprint density at radius 3 is 2.40 bits per heavy atom. The minimum absolute atomic E-state index is 0.177. The SMILES string of the molecule is Cc1ccc(S(=O)(=O)Nc2cccc(NC(=O)CCc3c(C)noc3C)c2)cc1C. The number of sulfonamides is 1. The third kappa shape index (κ3) is 5.07. The molecule has 0 radical (unpaired) electrons. The van der Waals surface area contributed by atoms with Crippen molar-refractivity contribution < 1.29 is 17.7 Å². The number of nitrogens with zero attached hydrogens (tertiary/aromatic N) is 1. The lowest BCUT2D eigenvalue weighted by atomic mass is 10.1. The van der Waals surface area contributed by atoms with Gasteiger partial charge in [-0.3, -0.25) is 9.52 Å². The van der Waals surface area contributed by atoms with E-state index in [1.54, 1.807) is 42.5 Å². The van der Waals surface area contributed by atoms with Crippen LogP contribution in [0.4, 0.5) is 11.4 Å². The first kappa shape index (κ1) is 21.6. The number of anilines is 2. The van der Waals surface area contributed by atoms with E-state index in [1.807, 2.05) is 27.7 Å². The molecule has 0 fully saturated rings. The fraction of sp³-hybridized carbons (Fsp3) is 0.273. The van der Waals surface area contributed by atoms with Crippen molar-refractivity contribution in [3.05, 3.63) is 70.6 Å². The van der Waals surface area contributed by atoms with Crippen LogP contribution >= 0.6 is 0 Å². The molecule has 1 heterocycles. The lowest BCUT2D eigenvalue weighted by Gasteiger charge is -2.11. The van der Waals surface area contributed by atoms with E-state index in [9.17, 15) is 13.2 Å². The molecular weight excluding hydrogens is 402 g/mol. The predicted molar refractivity (Wildman–Crippen MR) is 116 cm³/mol. The van der Waals surface area contributed by atoms with Crippen LogP contribution in [0.15, 0.2) is 51.9 Å². The van der Waals surface area contributed by atoms with E-state index in [4.69, 9.17) is 4.52 Å². The molecule has 2 aromatic carbocycles. The Balaban J connectivity index is 1.66. The molecule has 0 saturated heterocycles. The first-order valence-corrected chi connectivity index (χ1v) is 11.1. The van der Waals surface area contributed by atoms with E-state index in [0.29, 0.717) is 23.6 Å². The van der Waals surface area contributed by atoms with Crippen LogP contribution in [0.5, 0.6) is 0 Å². The van der Waals surface area contributed by atoms with Crippen molar-refractivity contribution in [3.8, 4) is 0 Å². The summed E-state index contributed by atoms with van der Waals surface area (Å²) in [5, 5.41) is 6.69. The zero-order valence-electron chi connectivity index (χ0n) is 17.4. The van der Waals surface area contributed by atoms with Gasteiger partial charge in [-0.2, -0.15) is 0 Å². The number of nitrogens with one attached hydrogen (secondary N) is 2. The highest BCUT2D eigenvalue weighted by Gasteiger charge is 2.16. The minimum atomic E-state index is -3.73. The Labute approximate surface area is 176 Å². The van der Waals surface area contributed by atoms with Crippen LogP contribution in [-0.4, -0.2) is 19.5 Å². The molecule has 0 unspecified atom stereocenters. The van der Waals surface area contributed by atoms with Crippen molar-refractivity contribution in [2.24, 2.45) is 0 Å². The van der Waals surface area contributed by atoms with Gasteiger partial charge in [-0.05, 0) is 75.6 Å². The zero-order chi connectivity index (χ0) is 21.9. The van der Waals surface area contributed by atoms with Crippen LogP contribution in [-0.2, 0) is 21.2 Å². The van der Waals surface area contributed by atoms with E-state index < -0.39 is 10.0 Å². The number of carbonyl (C=O) groups excluding carboxylic acids is 1. The van der Waals surface area contributed by atoms with E-state index in [0.717, 1.165) is 22.4 Å². The number of amides is 1. The number of aryl methyl sites for hydroxylation is 4. The summed E-state index contributed by atoms with van der Waals surface area (Å²) in [6.07, 6.45) is 0.785. The number of hydrogen-bond acceptors (Lipinski definition) is 5. The van der Waals surface area contributed by atoms with Gasteiger partial charge in [-0.1, -0.05) is 17.3 Å². The van der Waals surface area contributed by atoms with Gasteiger partial charge in [0.25, 0.3) is 10.0 Å². The highest BCUT2D eigenvalue weighted by atomic mass is 32.2. The van der Waals surface area contributed by atoms with Gasteiger partial charge in [0.15, 0.2) is 0 Å². The lowest BCUT2D eigenvalue weighted by molar-refractivity contribution is -0.116. The summed E-state index contributed by atoms with van der Waals surface area (Å²) < 4.78 is 33.0. The third-order valence-corrected chi connectivity index (χ3v) is 6.35. The maximum Gasteiger partial charge on any atom is 0.261 e. The monoisotopic (exact) mass is 427 g/mol. The number of carbonyl (C=O) groups is 1. The van der Waals surface area contributed by atoms with Crippen molar-refractivity contribution >= 4 is 27.3 Å². The molecule has 1 aromatic heterocycles. The highest BCUT2D eigenvalue weighted by Crippen LogP contribution is 2.22. The molecule has 1 amide bonds. The fourth-order valence-corrected chi connectivity index (χ4v) is 4.21. The van der Waals surface area contributed by atoms with Crippen LogP contribution in [0.1, 0.15) is 34.6 Å². The Hall–Kier alpha value is -3.13. The first-order valence-electron chi connectivity index (χ1n) is 9.57. The van der Waals surface area contributed by atoms with Gasteiger partial charge >= 0.3 is 0 Å². The Bertz CT molecular complexity index is 1160. The highest BCUT2D eigenvalue weighted by molar-refractivity contribution is 7.92. The van der Waals surface area contributed by atoms with Crippen LogP contribution < -0.4 is 10.0 Å². The standard InChI is InChI=1S/C22H25N3O4S/c1-14-8-9-20(12-15(14)2)30(27,28)25-19-7-5-6-18(13-19)23-22(26)11-10-21-16(3)24-29-17(21)4/h5-9,12-13,25H,10-11H2,1-4H3,(H,23,26). The van der Waals surface area contributed by atoms with Gasteiger partial charge in [0.1, 0.15) is 5.76 Å². The van der Waals surface area contributed by atoms with Crippen LogP contribution in [0.2, 0.25) is 0 Å². The summed E-state index contributed by atoms with van der Waals surface area (Å²) in [6, 6.07) is 11.6. The van der Waals surface area contributed by atoms with Crippen LogP contribution in [0.3, 0.4) is 0 Å². The summed E-state index contributed by atoms with van der Waals surface area (Å²) in [4.78, 5) is 12.5. The first-order chi connectivity index (χ1) is 14.2. The quantitative estimate of drug-likeness (QED) is 0.586. The minimum Gasteiger partial charge on any atom is -0.361 e. The zero-order valence-corrected chi connectivity index (χ0v) is 18.3. The summed E-state index contributed by atoms with van der Waals surface area (Å²) in [5.74, 6) is 0.534. The molecule has 0 aliphatic rings. The third-order valence-electron chi connectivity index (χ3n) is 4.97. The van der Waals surface area contributed by atoms with E-state index in [1.165, 1.54) is 0 Å². The van der Waals surface area contributed by atoms with Gasteiger partial charge in [0, 0.05) is 17.7 Å². The Morgan fingerprint density at radius 1 is 1.00 bits per heavy atom. The van der Waals surface area contributed by atoms with Crippen LogP contribution in [0, 0.1) is 27.7 Å². The average Bonchev–Trinajstić information content (AvgIpc) is 3.00.